The van der Waals surface area contributed by atoms with Gasteiger partial charge in [0.2, 0.25) is 0 Å². The number of aldehydes is 1. The van der Waals surface area contributed by atoms with E-state index in [1.807, 2.05) is 13.1 Å². The molecule has 3 heteroatoms. The van der Waals surface area contributed by atoms with E-state index in [4.69, 9.17) is 11.6 Å². The maximum absolute atomic E-state index is 11.0. The summed E-state index contributed by atoms with van der Waals surface area (Å²) >= 11 is 5.97. The Labute approximate surface area is 102 Å². The predicted octanol–water partition coefficient (Wildman–Crippen LogP) is 3.78. The molecule has 0 saturated carbocycles. The SMILES string of the molecule is CCC(CC)N(C)c1cc(Cl)ccc1C=O. The zero-order chi connectivity index (χ0) is 12.1. The summed E-state index contributed by atoms with van der Waals surface area (Å²) in [5.41, 5.74) is 1.61. The van der Waals surface area contributed by atoms with Gasteiger partial charge in [0.25, 0.3) is 0 Å². The topological polar surface area (TPSA) is 20.3 Å². The van der Waals surface area contributed by atoms with Crippen molar-refractivity contribution in [2.45, 2.75) is 32.7 Å². The highest BCUT2D eigenvalue weighted by Crippen LogP contribution is 2.25. The number of rotatable bonds is 5. The Bertz CT molecular complexity index is 361. The molecule has 16 heavy (non-hydrogen) atoms. The molecule has 0 bridgehead atoms. The van der Waals surface area contributed by atoms with Crippen molar-refractivity contribution >= 4 is 23.6 Å². The van der Waals surface area contributed by atoms with Crippen LogP contribution in [0.25, 0.3) is 0 Å². The number of halogens is 1. The van der Waals surface area contributed by atoms with Crippen LogP contribution in [0, 0.1) is 0 Å². The van der Waals surface area contributed by atoms with Crippen molar-refractivity contribution in [1.29, 1.82) is 0 Å². The molecule has 0 aliphatic rings. The van der Waals surface area contributed by atoms with Crippen LogP contribution in [0.15, 0.2) is 18.2 Å². The monoisotopic (exact) mass is 239 g/mol. The van der Waals surface area contributed by atoms with E-state index in [0.29, 0.717) is 16.6 Å². The van der Waals surface area contributed by atoms with Gasteiger partial charge in [-0.1, -0.05) is 25.4 Å². The van der Waals surface area contributed by atoms with E-state index >= 15 is 0 Å². The Hall–Kier alpha value is -1.02. The average molecular weight is 240 g/mol. The van der Waals surface area contributed by atoms with Crippen molar-refractivity contribution in [3.05, 3.63) is 28.8 Å². The van der Waals surface area contributed by atoms with Crippen molar-refractivity contribution in [2.24, 2.45) is 0 Å². The number of carbonyl (C=O) groups excluding carboxylic acids is 1. The molecule has 0 spiro atoms. The van der Waals surface area contributed by atoms with Crippen LogP contribution in [0.1, 0.15) is 37.0 Å². The molecule has 0 unspecified atom stereocenters. The quantitative estimate of drug-likeness (QED) is 0.729. The third-order valence-corrected chi connectivity index (χ3v) is 3.22. The number of anilines is 1. The van der Waals surface area contributed by atoms with E-state index < -0.39 is 0 Å². The smallest absolute Gasteiger partial charge is 0.152 e. The molecule has 0 aromatic heterocycles. The van der Waals surface area contributed by atoms with Gasteiger partial charge in [0.15, 0.2) is 6.29 Å². The molecular weight excluding hydrogens is 222 g/mol. The first-order valence-electron chi connectivity index (χ1n) is 5.61. The lowest BCUT2D eigenvalue weighted by Gasteiger charge is -2.29. The van der Waals surface area contributed by atoms with E-state index in [2.05, 4.69) is 18.7 Å². The molecule has 1 aromatic rings. The minimum atomic E-state index is 0.442. The summed E-state index contributed by atoms with van der Waals surface area (Å²) in [6.45, 7) is 4.30. The Morgan fingerprint density at radius 3 is 2.50 bits per heavy atom. The van der Waals surface area contributed by atoms with Gasteiger partial charge >= 0.3 is 0 Å². The standard InChI is InChI=1S/C13H18ClNO/c1-4-12(5-2)15(3)13-8-11(14)7-6-10(13)9-16/h6-9,12H,4-5H2,1-3H3. The van der Waals surface area contributed by atoms with Gasteiger partial charge in [0, 0.05) is 29.4 Å². The van der Waals surface area contributed by atoms with E-state index in [1.165, 1.54) is 0 Å². The zero-order valence-electron chi connectivity index (χ0n) is 10.0. The lowest BCUT2D eigenvalue weighted by molar-refractivity contribution is 0.112. The first-order valence-corrected chi connectivity index (χ1v) is 5.99. The van der Waals surface area contributed by atoms with Crippen LogP contribution >= 0.6 is 11.6 Å². The van der Waals surface area contributed by atoms with Gasteiger partial charge < -0.3 is 4.90 Å². The number of hydrogen-bond donors (Lipinski definition) is 0. The average Bonchev–Trinajstić information content (AvgIpc) is 2.30. The molecular formula is C13H18ClNO. The molecule has 0 fully saturated rings. The Balaban J connectivity index is 3.09. The summed E-state index contributed by atoms with van der Waals surface area (Å²) in [7, 11) is 2.01. The first-order chi connectivity index (χ1) is 7.63. The number of hydrogen-bond acceptors (Lipinski definition) is 2. The van der Waals surface area contributed by atoms with E-state index in [9.17, 15) is 4.79 Å². The fourth-order valence-electron chi connectivity index (χ4n) is 1.96. The molecule has 2 nitrogen and oxygen atoms in total. The molecule has 0 aliphatic carbocycles. The van der Waals surface area contributed by atoms with Crippen molar-refractivity contribution in [2.75, 3.05) is 11.9 Å². The van der Waals surface area contributed by atoms with E-state index in [1.54, 1.807) is 12.1 Å². The minimum Gasteiger partial charge on any atom is -0.371 e. The molecule has 88 valence electrons. The van der Waals surface area contributed by atoms with Crippen molar-refractivity contribution in [3.8, 4) is 0 Å². The number of carbonyl (C=O) groups is 1. The molecule has 0 N–H and O–H groups in total. The van der Waals surface area contributed by atoms with Crippen LogP contribution in [0.5, 0.6) is 0 Å². The third-order valence-electron chi connectivity index (χ3n) is 2.99. The fraction of sp³-hybridized carbons (Fsp3) is 0.462. The van der Waals surface area contributed by atoms with Gasteiger partial charge in [-0.3, -0.25) is 4.79 Å². The lowest BCUT2D eigenvalue weighted by atomic mass is 10.1. The summed E-state index contributed by atoms with van der Waals surface area (Å²) in [4.78, 5) is 13.1. The van der Waals surface area contributed by atoms with E-state index in [0.717, 1.165) is 24.8 Å². The number of benzene rings is 1. The van der Waals surface area contributed by atoms with Crippen LogP contribution in [-0.2, 0) is 0 Å². The molecule has 0 radical (unpaired) electrons. The number of nitrogens with zero attached hydrogens (tertiary/aromatic N) is 1. The van der Waals surface area contributed by atoms with Gasteiger partial charge in [0.1, 0.15) is 0 Å². The highest BCUT2D eigenvalue weighted by Gasteiger charge is 2.14. The van der Waals surface area contributed by atoms with Gasteiger partial charge in [-0.25, -0.2) is 0 Å². The Morgan fingerprint density at radius 1 is 1.38 bits per heavy atom. The van der Waals surface area contributed by atoms with Gasteiger partial charge in [0.05, 0.1) is 0 Å². The maximum atomic E-state index is 11.0. The summed E-state index contributed by atoms with van der Waals surface area (Å²) in [6, 6.07) is 5.81. The molecule has 0 atom stereocenters. The van der Waals surface area contributed by atoms with Crippen molar-refractivity contribution < 1.29 is 4.79 Å². The third kappa shape index (κ3) is 2.76. The largest absolute Gasteiger partial charge is 0.371 e. The second kappa shape index (κ2) is 5.90. The fourth-order valence-corrected chi connectivity index (χ4v) is 2.12. The first kappa shape index (κ1) is 13.0. The van der Waals surface area contributed by atoms with Crippen LogP contribution < -0.4 is 4.90 Å². The second-order valence-corrected chi connectivity index (χ2v) is 4.34. The molecule has 0 heterocycles. The van der Waals surface area contributed by atoms with Crippen molar-refractivity contribution in [1.82, 2.24) is 0 Å². The van der Waals surface area contributed by atoms with Crippen LogP contribution in [0.3, 0.4) is 0 Å². The molecule has 1 aromatic carbocycles. The summed E-state index contributed by atoms with van der Waals surface area (Å²) in [5.74, 6) is 0. The normalized spacial score (nSPS) is 10.6. The summed E-state index contributed by atoms with van der Waals surface area (Å²) < 4.78 is 0. The highest BCUT2D eigenvalue weighted by atomic mass is 35.5. The van der Waals surface area contributed by atoms with Crippen LogP contribution in [0.4, 0.5) is 5.69 Å². The minimum absolute atomic E-state index is 0.442. The van der Waals surface area contributed by atoms with Gasteiger partial charge in [-0.05, 0) is 31.0 Å². The molecule has 0 amide bonds. The lowest BCUT2D eigenvalue weighted by Crippen LogP contribution is -2.31. The second-order valence-electron chi connectivity index (χ2n) is 3.90. The molecule has 0 aliphatic heterocycles. The Kier molecular flexibility index (Phi) is 4.81. The molecule has 1 rings (SSSR count). The van der Waals surface area contributed by atoms with Crippen LogP contribution in [-0.4, -0.2) is 19.4 Å². The summed E-state index contributed by atoms with van der Waals surface area (Å²) in [5, 5.41) is 0.665. The van der Waals surface area contributed by atoms with Gasteiger partial charge in [-0.2, -0.15) is 0 Å². The maximum Gasteiger partial charge on any atom is 0.152 e. The van der Waals surface area contributed by atoms with Gasteiger partial charge in [-0.15, -0.1) is 0 Å². The molecule has 0 saturated heterocycles. The zero-order valence-corrected chi connectivity index (χ0v) is 10.8. The summed E-state index contributed by atoms with van der Waals surface area (Å²) in [6.07, 6.45) is 2.99. The van der Waals surface area contributed by atoms with Crippen molar-refractivity contribution in [3.63, 3.8) is 0 Å². The van der Waals surface area contributed by atoms with Crippen LogP contribution in [0.2, 0.25) is 5.02 Å². The predicted molar refractivity (Wildman–Crippen MR) is 69.6 cm³/mol. The Morgan fingerprint density at radius 2 is 2.00 bits per heavy atom. The highest BCUT2D eigenvalue weighted by molar-refractivity contribution is 6.31. The van der Waals surface area contributed by atoms with E-state index in [-0.39, 0.29) is 0 Å².